The normalized spacial score (nSPS) is 11.9. The number of methoxy groups -OCH3 is 1. The second-order valence-corrected chi connectivity index (χ2v) is 4.93. The molecule has 4 heteroatoms. The first kappa shape index (κ1) is 14.4. The molecule has 0 aliphatic carbocycles. The summed E-state index contributed by atoms with van der Waals surface area (Å²) in [5, 5.41) is 9.56. The zero-order chi connectivity index (χ0) is 14.7. The van der Waals surface area contributed by atoms with Crippen LogP contribution in [-0.4, -0.2) is 18.2 Å². The third kappa shape index (κ3) is 2.94. The van der Waals surface area contributed by atoms with Crippen LogP contribution in [0.2, 0.25) is 5.02 Å². The largest absolute Gasteiger partial charge is 0.497 e. The molecule has 0 bridgehead atoms. The molecule has 1 atom stereocenters. The van der Waals surface area contributed by atoms with Crippen molar-refractivity contribution in [2.75, 3.05) is 7.11 Å². The van der Waals surface area contributed by atoms with Crippen LogP contribution < -0.4 is 4.74 Å². The lowest BCUT2D eigenvalue weighted by molar-refractivity contribution is -0.138. The Morgan fingerprint density at radius 1 is 1.20 bits per heavy atom. The van der Waals surface area contributed by atoms with E-state index in [0.29, 0.717) is 10.6 Å². The Kier molecular flexibility index (Phi) is 4.30. The van der Waals surface area contributed by atoms with Crippen LogP contribution in [0.3, 0.4) is 0 Å². The quantitative estimate of drug-likeness (QED) is 0.918. The van der Waals surface area contributed by atoms with Gasteiger partial charge in [-0.3, -0.25) is 4.79 Å². The average Bonchev–Trinajstić information content (AvgIpc) is 2.46. The van der Waals surface area contributed by atoms with Gasteiger partial charge < -0.3 is 9.84 Å². The van der Waals surface area contributed by atoms with Crippen LogP contribution >= 0.6 is 11.6 Å². The molecule has 1 unspecified atom stereocenters. The van der Waals surface area contributed by atoms with Gasteiger partial charge in [0.05, 0.1) is 13.0 Å². The van der Waals surface area contributed by atoms with E-state index >= 15 is 0 Å². The molecule has 0 heterocycles. The van der Waals surface area contributed by atoms with Gasteiger partial charge in [0, 0.05) is 10.6 Å². The molecule has 0 spiro atoms. The summed E-state index contributed by atoms with van der Waals surface area (Å²) in [6.45, 7) is 1.64. The van der Waals surface area contributed by atoms with Crippen LogP contribution in [0.25, 0.3) is 11.1 Å². The van der Waals surface area contributed by atoms with Gasteiger partial charge in [0.2, 0.25) is 0 Å². The zero-order valence-corrected chi connectivity index (χ0v) is 12.0. The van der Waals surface area contributed by atoms with Crippen LogP contribution in [0.1, 0.15) is 18.4 Å². The Labute approximate surface area is 122 Å². The summed E-state index contributed by atoms with van der Waals surface area (Å²) in [4.78, 5) is 11.0. The Morgan fingerprint density at radius 2 is 1.85 bits per heavy atom. The molecule has 2 rings (SSSR count). The topological polar surface area (TPSA) is 46.5 Å². The summed E-state index contributed by atoms with van der Waals surface area (Å²) >= 11 is 6.26. The predicted octanol–water partition coefficient (Wildman–Crippen LogP) is 4.20. The summed E-state index contributed by atoms with van der Waals surface area (Å²) < 4.78 is 5.11. The molecule has 0 saturated carbocycles. The molecule has 0 saturated heterocycles. The molecule has 0 radical (unpaired) electrons. The molecular formula is C16H15ClO3. The van der Waals surface area contributed by atoms with Crippen molar-refractivity contribution < 1.29 is 14.6 Å². The first-order chi connectivity index (χ1) is 9.52. The maximum atomic E-state index is 11.0. The summed E-state index contributed by atoms with van der Waals surface area (Å²) in [6.07, 6.45) is 0. The van der Waals surface area contributed by atoms with Gasteiger partial charge >= 0.3 is 5.97 Å². The van der Waals surface area contributed by atoms with Gasteiger partial charge in [0.25, 0.3) is 0 Å². The fraction of sp³-hybridized carbons (Fsp3) is 0.188. The van der Waals surface area contributed by atoms with Crippen molar-refractivity contribution in [1.82, 2.24) is 0 Å². The van der Waals surface area contributed by atoms with E-state index in [4.69, 9.17) is 21.4 Å². The van der Waals surface area contributed by atoms with Crippen molar-refractivity contribution in [1.29, 1.82) is 0 Å². The number of hydrogen-bond donors (Lipinski definition) is 1. The average molecular weight is 291 g/mol. The first-order valence-electron chi connectivity index (χ1n) is 6.19. The van der Waals surface area contributed by atoms with E-state index in [1.165, 1.54) is 0 Å². The van der Waals surface area contributed by atoms with Gasteiger partial charge in [0.1, 0.15) is 5.75 Å². The number of ether oxygens (including phenoxy) is 1. The molecule has 0 fully saturated rings. The Balaban J connectivity index is 2.35. The fourth-order valence-electron chi connectivity index (χ4n) is 1.95. The lowest BCUT2D eigenvalue weighted by Gasteiger charge is -2.11. The number of carboxylic acids is 1. The van der Waals surface area contributed by atoms with Crippen molar-refractivity contribution in [3.05, 3.63) is 53.1 Å². The van der Waals surface area contributed by atoms with Crippen molar-refractivity contribution in [2.45, 2.75) is 12.8 Å². The van der Waals surface area contributed by atoms with Crippen LogP contribution in [-0.2, 0) is 4.79 Å². The fourth-order valence-corrected chi connectivity index (χ4v) is 2.25. The monoisotopic (exact) mass is 290 g/mol. The molecule has 0 aromatic heterocycles. The van der Waals surface area contributed by atoms with E-state index in [1.807, 2.05) is 30.3 Å². The summed E-state index contributed by atoms with van der Waals surface area (Å²) in [6, 6.07) is 12.9. The van der Waals surface area contributed by atoms with Crippen molar-refractivity contribution in [3.63, 3.8) is 0 Å². The Hall–Kier alpha value is -2.00. The molecule has 0 aliphatic rings. The maximum Gasteiger partial charge on any atom is 0.310 e. The highest BCUT2D eigenvalue weighted by Crippen LogP contribution is 2.31. The molecule has 0 aliphatic heterocycles. The minimum absolute atomic E-state index is 0.542. The van der Waals surface area contributed by atoms with Crippen LogP contribution in [0.5, 0.6) is 5.75 Å². The second-order valence-electron chi connectivity index (χ2n) is 4.53. The highest BCUT2D eigenvalue weighted by molar-refractivity contribution is 6.33. The van der Waals surface area contributed by atoms with Crippen molar-refractivity contribution in [2.24, 2.45) is 0 Å². The third-order valence-electron chi connectivity index (χ3n) is 3.26. The van der Waals surface area contributed by atoms with E-state index in [0.717, 1.165) is 16.9 Å². The highest BCUT2D eigenvalue weighted by atomic mass is 35.5. The predicted molar refractivity (Wildman–Crippen MR) is 79.5 cm³/mol. The number of hydrogen-bond acceptors (Lipinski definition) is 2. The Morgan fingerprint density at radius 3 is 2.35 bits per heavy atom. The van der Waals surface area contributed by atoms with E-state index in [-0.39, 0.29) is 0 Å². The van der Waals surface area contributed by atoms with Gasteiger partial charge in [-0.15, -0.1) is 0 Å². The number of halogens is 1. The molecule has 20 heavy (non-hydrogen) atoms. The van der Waals surface area contributed by atoms with E-state index in [2.05, 4.69) is 0 Å². The molecule has 104 valence electrons. The first-order valence-corrected chi connectivity index (χ1v) is 6.57. The second kappa shape index (κ2) is 5.97. The number of rotatable bonds is 4. The van der Waals surface area contributed by atoms with E-state index in [1.54, 1.807) is 26.2 Å². The number of carbonyl (C=O) groups is 1. The molecule has 2 aromatic carbocycles. The number of benzene rings is 2. The van der Waals surface area contributed by atoms with Gasteiger partial charge in [-0.25, -0.2) is 0 Å². The SMILES string of the molecule is COc1ccc(-c2ccc(C(C)C(=O)O)cc2Cl)cc1. The molecular weight excluding hydrogens is 276 g/mol. The van der Waals surface area contributed by atoms with E-state index < -0.39 is 11.9 Å². The highest BCUT2D eigenvalue weighted by Gasteiger charge is 2.15. The van der Waals surface area contributed by atoms with Crippen LogP contribution in [0.15, 0.2) is 42.5 Å². The Bertz CT molecular complexity index is 620. The minimum atomic E-state index is -0.863. The third-order valence-corrected chi connectivity index (χ3v) is 3.58. The number of aliphatic carboxylic acids is 1. The smallest absolute Gasteiger partial charge is 0.310 e. The maximum absolute atomic E-state index is 11.0. The van der Waals surface area contributed by atoms with E-state index in [9.17, 15) is 4.79 Å². The standard InChI is InChI=1S/C16H15ClO3/c1-10(16(18)19)12-5-8-14(15(17)9-12)11-3-6-13(20-2)7-4-11/h3-10H,1-2H3,(H,18,19). The van der Waals surface area contributed by atoms with Crippen LogP contribution in [0.4, 0.5) is 0 Å². The molecule has 3 nitrogen and oxygen atoms in total. The van der Waals surface area contributed by atoms with Gasteiger partial charge in [0.15, 0.2) is 0 Å². The lowest BCUT2D eigenvalue weighted by atomic mass is 9.97. The van der Waals surface area contributed by atoms with Crippen LogP contribution in [0, 0.1) is 0 Å². The summed E-state index contributed by atoms with van der Waals surface area (Å²) in [5.41, 5.74) is 2.53. The van der Waals surface area contributed by atoms with Crippen molar-refractivity contribution >= 4 is 17.6 Å². The van der Waals surface area contributed by atoms with Gasteiger partial charge in [-0.2, -0.15) is 0 Å². The molecule has 1 N–H and O–H groups in total. The minimum Gasteiger partial charge on any atom is -0.497 e. The van der Waals surface area contributed by atoms with Crippen molar-refractivity contribution in [3.8, 4) is 16.9 Å². The lowest BCUT2D eigenvalue weighted by Crippen LogP contribution is -2.07. The van der Waals surface area contributed by atoms with Gasteiger partial charge in [-0.1, -0.05) is 35.9 Å². The zero-order valence-electron chi connectivity index (χ0n) is 11.3. The van der Waals surface area contributed by atoms with Gasteiger partial charge in [-0.05, 0) is 36.2 Å². The molecule has 0 amide bonds. The molecule has 2 aromatic rings. The summed E-state index contributed by atoms with van der Waals surface area (Å²) in [5.74, 6) is -0.656. The summed E-state index contributed by atoms with van der Waals surface area (Å²) in [7, 11) is 1.62. The number of carboxylic acid groups (broad SMARTS) is 1.